The third-order valence-electron chi connectivity index (χ3n) is 7.19. The van der Waals surface area contributed by atoms with Gasteiger partial charge in [-0.25, -0.2) is 0 Å². The Hall–Kier alpha value is -3.37. The van der Waals surface area contributed by atoms with Crippen LogP contribution in [0.2, 0.25) is 5.21 Å². The Labute approximate surface area is 230 Å². The van der Waals surface area contributed by atoms with Gasteiger partial charge in [0.2, 0.25) is 0 Å². The van der Waals surface area contributed by atoms with Crippen molar-refractivity contribution in [1.29, 1.82) is 0 Å². The van der Waals surface area contributed by atoms with Crippen LogP contribution in [0.1, 0.15) is 23.1 Å². The third-order valence-corrected chi connectivity index (χ3v) is 10.2. The van der Waals surface area contributed by atoms with E-state index in [1.54, 1.807) is 4.90 Å². The SMILES string of the molecule is Nc1ccc(C(C[C@H](O)C[AsH]c2ccc(N3CCOCC3=O)cc2)(c2ccccc2)c2ccccc2)cc1. The zero-order valence-corrected chi connectivity index (χ0v) is 23.4. The first-order valence-electron chi connectivity index (χ1n) is 12.9. The summed E-state index contributed by atoms with van der Waals surface area (Å²) in [5.74, 6) is -0.00345. The summed E-state index contributed by atoms with van der Waals surface area (Å²) < 4.78 is 6.50. The number of anilines is 2. The van der Waals surface area contributed by atoms with Gasteiger partial charge in [-0.15, -0.1) is 0 Å². The van der Waals surface area contributed by atoms with E-state index in [9.17, 15) is 9.90 Å². The molecule has 1 aliphatic heterocycles. The van der Waals surface area contributed by atoms with E-state index in [4.69, 9.17) is 10.5 Å². The maximum atomic E-state index is 12.2. The van der Waals surface area contributed by atoms with Gasteiger partial charge in [0, 0.05) is 0 Å². The summed E-state index contributed by atoms with van der Waals surface area (Å²) in [5, 5.41) is 12.3. The normalized spacial score (nSPS) is 15.2. The van der Waals surface area contributed by atoms with Crippen molar-refractivity contribution in [2.45, 2.75) is 23.1 Å². The molecule has 0 bridgehead atoms. The van der Waals surface area contributed by atoms with Gasteiger partial charge in [0.25, 0.3) is 0 Å². The predicted octanol–water partition coefficient (Wildman–Crippen LogP) is 3.90. The van der Waals surface area contributed by atoms with Crippen molar-refractivity contribution < 1.29 is 14.6 Å². The Morgan fingerprint density at radius 2 is 1.42 bits per heavy atom. The van der Waals surface area contributed by atoms with E-state index in [0.29, 0.717) is 19.6 Å². The molecule has 1 aliphatic rings. The number of aliphatic hydroxyl groups excluding tert-OH is 1. The fraction of sp³-hybridized carbons (Fsp3) is 0.219. The number of benzene rings is 4. The minimum absolute atomic E-state index is 0.00345. The third kappa shape index (κ3) is 5.71. The molecule has 6 heteroatoms. The molecule has 1 heterocycles. The molecule has 5 nitrogen and oxygen atoms in total. The molecule has 4 aromatic carbocycles. The Kier molecular flexibility index (Phi) is 8.29. The standard InChI is InChI=1S/C32H33AsN2O3/c34-28-15-11-26(12-16-28)32(24-7-3-1-4-8-24,25-9-5-2-6-10-25)21-30(36)22-33-27-13-17-29(18-14-27)35-19-20-38-23-31(35)37/h1-18,30,33,36H,19-23,34H2/t30-/m0/s1. The van der Waals surface area contributed by atoms with E-state index >= 15 is 0 Å². The zero-order chi connectivity index (χ0) is 26.4. The van der Waals surface area contributed by atoms with Crippen LogP contribution in [0, 0.1) is 0 Å². The number of amides is 1. The number of aliphatic hydroxyl groups is 1. The number of nitrogen functional groups attached to an aromatic ring is 1. The van der Waals surface area contributed by atoms with Crippen LogP contribution in [-0.2, 0) is 14.9 Å². The Morgan fingerprint density at radius 3 is 2.00 bits per heavy atom. The molecule has 1 fully saturated rings. The Morgan fingerprint density at radius 1 is 0.842 bits per heavy atom. The van der Waals surface area contributed by atoms with Gasteiger partial charge in [-0.3, -0.25) is 0 Å². The number of carbonyl (C=O) groups excluding carboxylic acids is 1. The molecule has 0 saturated carbocycles. The van der Waals surface area contributed by atoms with Crippen molar-refractivity contribution in [2.24, 2.45) is 0 Å². The maximum absolute atomic E-state index is 12.2. The first-order chi connectivity index (χ1) is 18.6. The van der Waals surface area contributed by atoms with Crippen LogP contribution in [0.3, 0.4) is 0 Å². The fourth-order valence-corrected chi connectivity index (χ4v) is 7.41. The fourth-order valence-electron chi connectivity index (χ4n) is 5.28. The summed E-state index contributed by atoms with van der Waals surface area (Å²) in [6.45, 7) is 1.28. The first-order valence-corrected chi connectivity index (χ1v) is 15.5. The minimum atomic E-state index is -0.583. The van der Waals surface area contributed by atoms with Gasteiger partial charge < -0.3 is 0 Å². The molecule has 3 N–H and O–H groups in total. The van der Waals surface area contributed by atoms with Crippen molar-refractivity contribution in [2.75, 3.05) is 30.4 Å². The quantitative estimate of drug-likeness (QED) is 0.183. The van der Waals surface area contributed by atoms with Crippen molar-refractivity contribution in [3.63, 3.8) is 0 Å². The first kappa shape index (κ1) is 26.2. The van der Waals surface area contributed by atoms with Gasteiger partial charge in [0.05, 0.1) is 0 Å². The molecule has 1 saturated heterocycles. The van der Waals surface area contributed by atoms with Crippen molar-refractivity contribution >= 4 is 37.4 Å². The van der Waals surface area contributed by atoms with Crippen molar-refractivity contribution in [1.82, 2.24) is 0 Å². The topological polar surface area (TPSA) is 75.8 Å². The summed E-state index contributed by atoms with van der Waals surface area (Å²) in [5.41, 5.74) is 10.6. The summed E-state index contributed by atoms with van der Waals surface area (Å²) >= 11 is -0.583. The number of nitrogens with two attached hydrogens (primary N) is 1. The molecule has 2 atom stereocenters. The van der Waals surface area contributed by atoms with Gasteiger partial charge >= 0.3 is 231 Å². The molecule has 4 aromatic rings. The molecule has 1 unspecified atom stereocenters. The molecule has 5 rings (SSSR count). The van der Waals surface area contributed by atoms with Crippen LogP contribution < -0.4 is 15.0 Å². The van der Waals surface area contributed by atoms with E-state index < -0.39 is 27.3 Å². The summed E-state index contributed by atoms with van der Waals surface area (Å²) in [4.78, 5) is 13.9. The second-order valence-electron chi connectivity index (χ2n) is 9.64. The van der Waals surface area contributed by atoms with E-state index in [1.807, 2.05) is 36.4 Å². The van der Waals surface area contributed by atoms with Crippen molar-refractivity contribution in [3.05, 3.63) is 126 Å². The van der Waals surface area contributed by atoms with Crippen LogP contribution in [0.5, 0.6) is 0 Å². The molecule has 0 spiro atoms. The molecule has 194 valence electrons. The summed E-state index contributed by atoms with van der Waals surface area (Å²) in [7, 11) is 0. The van der Waals surface area contributed by atoms with Crippen LogP contribution in [0.15, 0.2) is 109 Å². The monoisotopic (exact) mass is 568 g/mol. The Balaban J connectivity index is 1.40. The van der Waals surface area contributed by atoms with E-state index in [1.165, 1.54) is 4.35 Å². The van der Waals surface area contributed by atoms with Crippen LogP contribution in [-0.4, -0.2) is 52.6 Å². The van der Waals surface area contributed by atoms with Crippen molar-refractivity contribution in [3.8, 4) is 0 Å². The van der Waals surface area contributed by atoms with Gasteiger partial charge in [0.15, 0.2) is 0 Å². The van der Waals surface area contributed by atoms with Gasteiger partial charge in [-0.1, -0.05) is 0 Å². The molecule has 38 heavy (non-hydrogen) atoms. The van der Waals surface area contributed by atoms with Gasteiger partial charge in [0.1, 0.15) is 0 Å². The molecule has 0 aromatic heterocycles. The summed E-state index contributed by atoms with van der Waals surface area (Å²) in [6, 6.07) is 37.2. The molecule has 0 aliphatic carbocycles. The van der Waals surface area contributed by atoms with Crippen LogP contribution in [0.4, 0.5) is 11.4 Å². The average molecular weight is 569 g/mol. The van der Waals surface area contributed by atoms with E-state index in [-0.39, 0.29) is 12.5 Å². The van der Waals surface area contributed by atoms with Gasteiger partial charge in [-0.05, 0) is 0 Å². The van der Waals surface area contributed by atoms with Crippen LogP contribution >= 0.6 is 0 Å². The van der Waals surface area contributed by atoms with E-state index in [2.05, 4.69) is 72.8 Å². The second kappa shape index (κ2) is 12.0. The number of rotatable bonds is 9. The average Bonchev–Trinajstić information content (AvgIpc) is 2.97. The number of carbonyl (C=O) groups is 1. The molecule has 0 radical (unpaired) electrons. The Bertz CT molecular complexity index is 1290. The molecular formula is C32H33AsN2O3. The number of morpholine rings is 1. The van der Waals surface area contributed by atoms with Crippen LogP contribution in [0.25, 0.3) is 0 Å². The van der Waals surface area contributed by atoms with E-state index in [0.717, 1.165) is 33.3 Å². The second-order valence-corrected chi connectivity index (χ2v) is 12.5. The number of hydrogen-bond acceptors (Lipinski definition) is 4. The van der Waals surface area contributed by atoms with Gasteiger partial charge in [-0.2, -0.15) is 0 Å². The predicted molar refractivity (Wildman–Crippen MR) is 155 cm³/mol. The number of ether oxygens (including phenoxy) is 1. The number of nitrogens with zero attached hydrogens (tertiary/aromatic N) is 1. The molecule has 1 amide bonds. The zero-order valence-electron chi connectivity index (χ0n) is 21.3. The molecular weight excluding hydrogens is 535 g/mol. The number of hydrogen-bond donors (Lipinski definition) is 2. The summed E-state index contributed by atoms with van der Waals surface area (Å²) in [6.07, 6.45) is 0.0721.